The molecule has 1 atom stereocenters. The average molecular weight is 381 g/mol. The lowest BCUT2D eigenvalue weighted by Crippen LogP contribution is -2.20. The summed E-state index contributed by atoms with van der Waals surface area (Å²) in [5.74, 6) is -0.323. The van der Waals surface area contributed by atoms with Crippen LogP contribution in [0.1, 0.15) is 17.2 Å². The topological polar surface area (TPSA) is 35.2 Å². The molecule has 0 aliphatic heterocycles. The monoisotopic (exact) mass is 379 g/mol. The number of halogens is 5. The highest BCUT2D eigenvalue weighted by Crippen LogP contribution is 2.34. The van der Waals surface area contributed by atoms with E-state index in [1.54, 1.807) is 24.3 Å². The molecule has 112 valence electrons. The summed E-state index contributed by atoms with van der Waals surface area (Å²) < 4.78 is 41.9. The summed E-state index contributed by atoms with van der Waals surface area (Å²) in [7, 11) is 0. The number of benzene rings is 2. The van der Waals surface area contributed by atoms with Crippen LogP contribution in [0.3, 0.4) is 0 Å². The van der Waals surface area contributed by atoms with Gasteiger partial charge in [0.15, 0.2) is 0 Å². The van der Waals surface area contributed by atoms with Crippen molar-refractivity contribution in [3.63, 3.8) is 0 Å². The minimum Gasteiger partial charge on any atom is -0.405 e. The fraction of sp³-hybridized carbons (Fsp3) is 0.143. The number of rotatable bonds is 3. The highest BCUT2D eigenvalue weighted by Gasteiger charge is 2.32. The Morgan fingerprint density at radius 2 is 1.81 bits per heavy atom. The van der Waals surface area contributed by atoms with Gasteiger partial charge in [-0.2, -0.15) is 0 Å². The van der Waals surface area contributed by atoms with Crippen molar-refractivity contribution in [2.45, 2.75) is 12.4 Å². The molecule has 2 aromatic rings. The van der Waals surface area contributed by atoms with E-state index in [1.807, 2.05) is 0 Å². The molecule has 21 heavy (non-hydrogen) atoms. The van der Waals surface area contributed by atoms with Crippen LogP contribution in [0.5, 0.6) is 5.75 Å². The number of hydrogen-bond donors (Lipinski definition) is 1. The van der Waals surface area contributed by atoms with Gasteiger partial charge in [-0.15, -0.1) is 13.2 Å². The molecule has 0 radical (unpaired) electrons. The van der Waals surface area contributed by atoms with Crippen LogP contribution in [0, 0.1) is 0 Å². The first kappa shape index (κ1) is 16.1. The van der Waals surface area contributed by atoms with Crippen molar-refractivity contribution in [2.75, 3.05) is 0 Å². The van der Waals surface area contributed by atoms with E-state index in [1.165, 1.54) is 18.2 Å². The van der Waals surface area contributed by atoms with Crippen LogP contribution in [-0.2, 0) is 0 Å². The summed E-state index contributed by atoms with van der Waals surface area (Å²) in [6.45, 7) is 0. The Kier molecular flexibility index (Phi) is 4.81. The van der Waals surface area contributed by atoms with E-state index in [0.717, 1.165) is 0 Å². The molecule has 0 aliphatic carbocycles. The summed E-state index contributed by atoms with van der Waals surface area (Å²) in [5.41, 5.74) is 6.85. The molecule has 0 heterocycles. The predicted molar refractivity (Wildman–Crippen MR) is 78.3 cm³/mol. The van der Waals surface area contributed by atoms with Crippen LogP contribution in [0.2, 0.25) is 5.02 Å². The molecule has 0 saturated carbocycles. The fourth-order valence-electron chi connectivity index (χ4n) is 1.84. The third-order valence-electron chi connectivity index (χ3n) is 2.78. The SMILES string of the molecule is NC(c1ccc(Br)c(Cl)c1)c1ccccc1OC(F)(F)F. The van der Waals surface area contributed by atoms with Crippen molar-refractivity contribution in [1.29, 1.82) is 0 Å². The van der Waals surface area contributed by atoms with Gasteiger partial charge in [0.2, 0.25) is 0 Å². The normalized spacial score (nSPS) is 13.0. The molecule has 2 N–H and O–H groups in total. The van der Waals surface area contributed by atoms with Gasteiger partial charge in [0.25, 0.3) is 0 Å². The van der Waals surface area contributed by atoms with Gasteiger partial charge < -0.3 is 10.5 Å². The van der Waals surface area contributed by atoms with Crippen molar-refractivity contribution in [1.82, 2.24) is 0 Å². The van der Waals surface area contributed by atoms with E-state index in [0.29, 0.717) is 15.1 Å². The minimum atomic E-state index is -4.77. The van der Waals surface area contributed by atoms with Crippen molar-refractivity contribution < 1.29 is 17.9 Å². The highest BCUT2D eigenvalue weighted by molar-refractivity contribution is 9.10. The van der Waals surface area contributed by atoms with E-state index >= 15 is 0 Å². The second-order valence-electron chi connectivity index (χ2n) is 4.24. The first-order chi connectivity index (χ1) is 9.78. The van der Waals surface area contributed by atoms with Crippen molar-refractivity contribution in [3.05, 3.63) is 63.1 Å². The second-order valence-corrected chi connectivity index (χ2v) is 5.50. The second kappa shape index (κ2) is 6.25. The number of nitrogens with two attached hydrogens (primary N) is 1. The van der Waals surface area contributed by atoms with Gasteiger partial charge in [0.05, 0.1) is 11.1 Å². The van der Waals surface area contributed by atoms with E-state index in [2.05, 4.69) is 20.7 Å². The van der Waals surface area contributed by atoms with E-state index in [-0.39, 0.29) is 11.3 Å². The molecule has 2 rings (SSSR count). The summed E-state index contributed by atoms with van der Waals surface area (Å²) in [4.78, 5) is 0. The van der Waals surface area contributed by atoms with Crippen LogP contribution in [0.4, 0.5) is 13.2 Å². The average Bonchev–Trinajstić information content (AvgIpc) is 2.40. The molecule has 1 unspecified atom stereocenters. The first-order valence-electron chi connectivity index (χ1n) is 5.83. The fourth-order valence-corrected chi connectivity index (χ4v) is 2.28. The Morgan fingerprint density at radius 3 is 2.43 bits per heavy atom. The Balaban J connectivity index is 2.38. The minimum absolute atomic E-state index is 0.230. The molecular weight excluding hydrogens is 371 g/mol. The van der Waals surface area contributed by atoms with E-state index in [9.17, 15) is 13.2 Å². The number of para-hydroxylation sites is 1. The summed E-state index contributed by atoms with van der Waals surface area (Å²) >= 11 is 9.22. The molecule has 2 aromatic carbocycles. The zero-order valence-electron chi connectivity index (χ0n) is 10.5. The highest BCUT2D eigenvalue weighted by atomic mass is 79.9. The largest absolute Gasteiger partial charge is 0.573 e. The van der Waals surface area contributed by atoms with Crippen LogP contribution >= 0.6 is 27.5 Å². The lowest BCUT2D eigenvalue weighted by Gasteiger charge is -2.18. The lowest BCUT2D eigenvalue weighted by atomic mass is 9.99. The molecule has 2 nitrogen and oxygen atoms in total. The lowest BCUT2D eigenvalue weighted by molar-refractivity contribution is -0.274. The Hall–Kier alpha value is -1.24. The molecule has 0 amide bonds. The molecule has 0 aromatic heterocycles. The zero-order valence-corrected chi connectivity index (χ0v) is 12.8. The maximum absolute atomic E-state index is 12.4. The summed E-state index contributed by atoms with van der Waals surface area (Å²) in [5, 5.41) is 0.428. The Labute approximate surface area is 132 Å². The molecule has 0 spiro atoms. The van der Waals surface area contributed by atoms with Gasteiger partial charge >= 0.3 is 6.36 Å². The van der Waals surface area contributed by atoms with Gasteiger partial charge in [-0.3, -0.25) is 0 Å². The third kappa shape index (κ3) is 4.12. The zero-order chi connectivity index (χ0) is 15.6. The van der Waals surface area contributed by atoms with E-state index in [4.69, 9.17) is 17.3 Å². The number of ether oxygens (including phenoxy) is 1. The Morgan fingerprint density at radius 1 is 1.14 bits per heavy atom. The molecule has 0 aliphatic rings. The summed E-state index contributed by atoms with van der Waals surface area (Å²) in [6, 6.07) is 9.94. The summed E-state index contributed by atoms with van der Waals surface area (Å²) in [6.07, 6.45) is -4.77. The smallest absolute Gasteiger partial charge is 0.405 e. The van der Waals surface area contributed by atoms with Crippen molar-refractivity contribution >= 4 is 27.5 Å². The van der Waals surface area contributed by atoms with Gasteiger partial charge in [-0.05, 0) is 39.7 Å². The van der Waals surface area contributed by atoms with Crippen LogP contribution in [0.25, 0.3) is 0 Å². The number of alkyl halides is 3. The molecule has 0 bridgehead atoms. The molecule has 7 heteroatoms. The maximum Gasteiger partial charge on any atom is 0.573 e. The first-order valence-corrected chi connectivity index (χ1v) is 7.00. The number of hydrogen-bond acceptors (Lipinski definition) is 2. The van der Waals surface area contributed by atoms with Crippen molar-refractivity contribution in [3.8, 4) is 5.75 Å². The van der Waals surface area contributed by atoms with Crippen molar-refractivity contribution in [2.24, 2.45) is 5.73 Å². The van der Waals surface area contributed by atoms with Gasteiger partial charge in [-0.1, -0.05) is 35.9 Å². The molecule has 0 saturated heterocycles. The quantitative estimate of drug-likeness (QED) is 0.809. The molecular formula is C14H10BrClF3NO. The predicted octanol–water partition coefficient (Wildman–Crippen LogP) is 5.05. The van der Waals surface area contributed by atoms with E-state index < -0.39 is 12.4 Å². The standard InChI is InChI=1S/C14H10BrClF3NO/c15-10-6-5-8(7-11(10)16)13(20)9-3-1-2-4-12(9)21-14(17,18)19/h1-7,13H,20H2. The molecule has 0 fully saturated rings. The van der Waals surface area contributed by atoms with Crippen LogP contribution < -0.4 is 10.5 Å². The van der Waals surface area contributed by atoms with Crippen LogP contribution in [0.15, 0.2) is 46.9 Å². The van der Waals surface area contributed by atoms with Crippen LogP contribution in [-0.4, -0.2) is 6.36 Å². The third-order valence-corrected chi connectivity index (χ3v) is 4.02. The van der Waals surface area contributed by atoms with Gasteiger partial charge in [0.1, 0.15) is 5.75 Å². The van der Waals surface area contributed by atoms with Gasteiger partial charge in [0, 0.05) is 10.0 Å². The Bertz CT molecular complexity index is 648. The maximum atomic E-state index is 12.4. The van der Waals surface area contributed by atoms with Gasteiger partial charge in [-0.25, -0.2) is 0 Å².